The third-order valence-electron chi connectivity index (χ3n) is 2.34. The van der Waals surface area contributed by atoms with E-state index in [4.69, 9.17) is 4.42 Å². The summed E-state index contributed by atoms with van der Waals surface area (Å²) in [5.41, 5.74) is -0.148. The largest absolute Gasteiger partial charge is 0.469 e. The molecule has 17 heavy (non-hydrogen) atoms. The van der Waals surface area contributed by atoms with Gasteiger partial charge in [0.15, 0.2) is 0 Å². The summed E-state index contributed by atoms with van der Waals surface area (Å²) >= 11 is 0. The highest BCUT2D eigenvalue weighted by Crippen LogP contribution is 2.08. The Morgan fingerprint density at radius 1 is 1.59 bits per heavy atom. The fourth-order valence-corrected chi connectivity index (χ4v) is 1.69. The second kappa shape index (κ2) is 4.86. The normalized spacial score (nSPS) is 12.4. The monoisotopic (exact) mass is 233 g/mol. The van der Waals surface area contributed by atoms with Crippen molar-refractivity contribution in [3.05, 3.63) is 46.4 Å². The molecule has 0 aromatic carbocycles. The predicted octanol–water partition coefficient (Wildman–Crippen LogP) is 1.71. The highest BCUT2D eigenvalue weighted by Gasteiger charge is 2.07. The molecular weight excluding hydrogens is 218 g/mol. The lowest BCUT2D eigenvalue weighted by Gasteiger charge is -2.12. The molecule has 2 N–H and O–H groups in total. The Hall–Kier alpha value is -2.04. The summed E-state index contributed by atoms with van der Waals surface area (Å²) in [7, 11) is 0. The maximum Gasteiger partial charge on any atom is 0.252 e. The number of hydrogen-bond donors (Lipinski definition) is 2. The minimum atomic E-state index is -0.148. The highest BCUT2D eigenvalue weighted by atomic mass is 16.3. The molecule has 0 radical (unpaired) electrons. The number of nitrogens with one attached hydrogen (secondary N) is 2. The Kier molecular flexibility index (Phi) is 3.27. The molecule has 2 heterocycles. The van der Waals surface area contributed by atoms with Gasteiger partial charge in [-0.3, -0.25) is 4.79 Å². The van der Waals surface area contributed by atoms with E-state index in [-0.39, 0.29) is 11.6 Å². The van der Waals surface area contributed by atoms with Crippen LogP contribution in [0.4, 0.5) is 5.82 Å². The minimum absolute atomic E-state index is 0.148. The summed E-state index contributed by atoms with van der Waals surface area (Å²) in [6.07, 6.45) is 2.40. The molecule has 1 atom stereocenters. The van der Waals surface area contributed by atoms with Crippen molar-refractivity contribution in [3.8, 4) is 0 Å². The average Bonchev–Trinajstić information content (AvgIpc) is 2.67. The first-order valence-corrected chi connectivity index (χ1v) is 5.50. The number of aromatic amines is 1. The third kappa shape index (κ3) is 3.21. The molecule has 0 amide bonds. The molecule has 2 aromatic rings. The molecule has 0 bridgehead atoms. The van der Waals surface area contributed by atoms with Gasteiger partial charge in [-0.15, -0.1) is 0 Å². The summed E-state index contributed by atoms with van der Waals surface area (Å²) in [6.45, 7) is 3.77. The van der Waals surface area contributed by atoms with Crippen molar-refractivity contribution in [2.45, 2.75) is 26.3 Å². The van der Waals surface area contributed by atoms with Crippen molar-refractivity contribution >= 4 is 5.82 Å². The Bertz CT molecular complexity index is 531. The van der Waals surface area contributed by atoms with Crippen molar-refractivity contribution < 1.29 is 4.42 Å². The van der Waals surface area contributed by atoms with Gasteiger partial charge in [-0.25, -0.2) is 4.98 Å². The molecule has 2 rings (SSSR count). The van der Waals surface area contributed by atoms with Crippen LogP contribution in [0.3, 0.4) is 0 Å². The van der Waals surface area contributed by atoms with Crippen LogP contribution in [0, 0.1) is 6.92 Å². The molecule has 0 spiro atoms. The van der Waals surface area contributed by atoms with Crippen LogP contribution in [0.15, 0.2) is 33.7 Å². The van der Waals surface area contributed by atoms with E-state index >= 15 is 0 Å². The summed E-state index contributed by atoms with van der Waals surface area (Å²) in [5, 5.41) is 3.17. The number of hydrogen-bond acceptors (Lipinski definition) is 4. The van der Waals surface area contributed by atoms with Crippen molar-refractivity contribution in [1.29, 1.82) is 0 Å². The van der Waals surface area contributed by atoms with E-state index < -0.39 is 0 Å². The quantitative estimate of drug-likeness (QED) is 0.843. The first-order chi connectivity index (χ1) is 8.13. The van der Waals surface area contributed by atoms with E-state index in [9.17, 15) is 4.79 Å². The second-order valence-electron chi connectivity index (χ2n) is 4.04. The first kappa shape index (κ1) is 11.4. The molecule has 0 saturated heterocycles. The number of rotatable bonds is 4. The smallest absolute Gasteiger partial charge is 0.252 e. The van der Waals surface area contributed by atoms with Gasteiger partial charge in [0.2, 0.25) is 0 Å². The summed E-state index contributed by atoms with van der Waals surface area (Å²) in [6, 6.07) is 5.38. The Labute approximate surface area is 98.9 Å². The van der Waals surface area contributed by atoms with Crippen molar-refractivity contribution in [2.24, 2.45) is 0 Å². The van der Waals surface area contributed by atoms with Crippen LogP contribution < -0.4 is 10.9 Å². The van der Waals surface area contributed by atoms with Gasteiger partial charge in [0.25, 0.3) is 5.56 Å². The molecule has 90 valence electrons. The fraction of sp³-hybridized carbons (Fsp3) is 0.333. The zero-order valence-electron chi connectivity index (χ0n) is 9.86. The molecule has 1 unspecified atom stereocenters. The summed E-state index contributed by atoms with van der Waals surface area (Å²) in [4.78, 5) is 18.1. The topological polar surface area (TPSA) is 70.9 Å². The van der Waals surface area contributed by atoms with Crippen molar-refractivity contribution in [2.75, 3.05) is 5.32 Å². The SMILES string of the molecule is Cc1nc(NC(C)Cc2ccco2)cc(=O)[nH]1. The van der Waals surface area contributed by atoms with E-state index in [1.54, 1.807) is 13.2 Å². The number of aryl methyl sites for hydroxylation is 1. The predicted molar refractivity (Wildman–Crippen MR) is 65.1 cm³/mol. The molecule has 2 aromatic heterocycles. The van der Waals surface area contributed by atoms with E-state index in [0.717, 1.165) is 12.2 Å². The molecule has 0 saturated carbocycles. The van der Waals surface area contributed by atoms with E-state index in [2.05, 4.69) is 15.3 Å². The Morgan fingerprint density at radius 2 is 2.41 bits per heavy atom. The molecule has 0 aliphatic rings. The van der Waals surface area contributed by atoms with Crippen molar-refractivity contribution in [1.82, 2.24) is 9.97 Å². The van der Waals surface area contributed by atoms with Gasteiger partial charge < -0.3 is 14.7 Å². The molecule has 0 aliphatic carbocycles. The van der Waals surface area contributed by atoms with Gasteiger partial charge in [-0.2, -0.15) is 0 Å². The van der Waals surface area contributed by atoms with Crippen LogP contribution in [0.2, 0.25) is 0 Å². The summed E-state index contributed by atoms with van der Waals surface area (Å²) in [5.74, 6) is 2.10. The third-order valence-corrected chi connectivity index (χ3v) is 2.34. The fourth-order valence-electron chi connectivity index (χ4n) is 1.69. The minimum Gasteiger partial charge on any atom is -0.469 e. The molecule has 0 fully saturated rings. The molecule has 5 nitrogen and oxygen atoms in total. The average molecular weight is 233 g/mol. The van der Waals surface area contributed by atoms with Crippen LogP contribution in [-0.4, -0.2) is 16.0 Å². The van der Waals surface area contributed by atoms with Gasteiger partial charge >= 0.3 is 0 Å². The number of aromatic nitrogens is 2. The number of H-pyrrole nitrogens is 1. The van der Waals surface area contributed by atoms with E-state index in [0.29, 0.717) is 11.6 Å². The van der Waals surface area contributed by atoms with Gasteiger partial charge in [0.1, 0.15) is 17.4 Å². The van der Waals surface area contributed by atoms with Crippen LogP contribution in [-0.2, 0) is 6.42 Å². The van der Waals surface area contributed by atoms with Crippen molar-refractivity contribution in [3.63, 3.8) is 0 Å². The highest BCUT2D eigenvalue weighted by molar-refractivity contribution is 5.34. The van der Waals surface area contributed by atoms with Gasteiger partial charge in [-0.05, 0) is 26.0 Å². The van der Waals surface area contributed by atoms with Crippen LogP contribution in [0.5, 0.6) is 0 Å². The molecule has 5 heteroatoms. The summed E-state index contributed by atoms with van der Waals surface area (Å²) < 4.78 is 5.26. The number of anilines is 1. The standard InChI is InChI=1S/C12H15N3O2/c1-8(6-10-4-3-5-17-10)13-11-7-12(16)15-9(2)14-11/h3-5,7-8H,6H2,1-2H3,(H2,13,14,15,16). The molecular formula is C12H15N3O2. The van der Waals surface area contributed by atoms with Crippen LogP contribution in [0.25, 0.3) is 0 Å². The lowest BCUT2D eigenvalue weighted by atomic mass is 10.2. The maximum absolute atomic E-state index is 11.3. The van der Waals surface area contributed by atoms with E-state index in [1.807, 2.05) is 19.1 Å². The van der Waals surface area contributed by atoms with E-state index in [1.165, 1.54) is 6.07 Å². The lowest BCUT2D eigenvalue weighted by Crippen LogP contribution is -2.21. The van der Waals surface area contributed by atoms with Gasteiger partial charge in [0, 0.05) is 18.5 Å². The molecule has 0 aliphatic heterocycles. The zero-order chi connectivity index (χ0) is 12.3. The lowest BCUT2D eigenvalue weighted by molar-refractivity contribution is 0.497. The van der Waals surface area contributed by atoms with Crippen LogP contribution in [0.1, 0.15) is 18.5 Å². The first-order valence-electron chi connectivity index (χ1n) is 5.50. The Balaban J connectivity index is 2.02. The Morgan fingerprint density at radius 3 is 3.06 bits per heavy atom. The zero-order valence-corrected chi connectivity index (χ0v) is 9.86. The number of furan rings is 1. The maximum atomic E-state index is 11.3. The van der Waals surface area contributed by atoms with Gasteiger partial charge in [0.05, 0.1) is 6.26 Å². The van der Waals surface area contributed by atoms with Gasteiger partial charge in [-0.1, -0.05) is 0 Å². The second-order valence-corrected chi connectivity index (χ2v) is 4.04. The number of nitrogens with zero attached hydrogens (tertiary/aromatic N) is 1. The van der Waals surface area contributed by atoms with Crippen LogP contribution >= 0.6 is 0 Å².